The van der Waals surface area contributed by atoms with Gasteiger partial charge in [-0.25, -0.2) is 4.39 Å². The van der Waals surface area contributed by atoms with E-state index >= 15 is 0 Å². The summed E-state index contributed by atoms with van der Waals surface area (Å²) in [5, 5.41) is 10.3. The SMILES string of the molecule is C=C(CCNC(=O)COc1ccc(F)cc1)c1nnc([C@H]2C[C@@H](OC(F)(F)F)C2)o1. The molecule has 0 saturated heterocycles. The number of alkyl halides is 3. The number of hydrogen-bond donors (Lipinski definition) is 1. The van der Waals surface area contributed by atoms with Gasteiger partial charge in [-0.2, -0.15) is 0 Å². The van der Waals surface area contributed by atoms with Gasteiger partial charge < -0.3 is 14.5 Å². The van der Waals surface area contributed by atoms with Crippen molar-refractivity contribution < 1.29 is 36.2 Å². The molecule has 3 rings (SSSR count). The van der Waals surface area contributed by atoms with Crippen LogP contribution in [0.15, 0.2) is 35.3 Å². The fourth-order valence-corrected chi connectivity index (χ4v) is 2.79. The van der Waals surface area contributed by atoms with E-state index in [-0.39, 0.29) is 49.6 Å². The number of benzene rings is 1. The highest BCUT2D eigenvalue weighted by molar-refractivity contribution is 5.77. The molecule has 0 atom stereocenters. The normalized spacial score (nSPS) is 18.5. The Hall–Kier alpha value is -2.95. The van der Waals surface area contributed by atoms with Crippen molar-refractivity contribution in [3.05, 3.63) is 48.4 Å². The summed E-state index contributed by atoms with van der Waals surface area (Å²) in [5.74, 6) is -0.278. The summed E-state index contributed by atoms with van der Waals surface area (Å²) in [6.45, 7) is 3.83. The Morgan fingerprint density at radius 2 is 1.93 bits per heavy atom. The quantitative estimate of drug-likeness (QED) is 0.613. The van der Waals surface area contributed by atoms with E-state index in [1.165, 1.54) is 24.3 Å². The Morgan fingerprint density at radius 1 is 1.23 bits per heavy atom. The Labute approximate surface area is 169 Å². The van der Waals surface area contributed by atoms with E-state index < -0.39 is 18.3 Å². The van der Waals surface area contributed by atoms with Crippen LogP contribution in [0.2, 0.25) is 0 Å². The molecule has 0 unspecified atom stereocenters. The van der Waals surface area contributed by atoms with Crippen LogP contribution < -0.4 is 10.1 Å². The highest BCUT2D eigenvalue weighted by Crippen LogP contribution is 2.41. The van der Waals surface area contributed by atoms with E-state index in [1.807, 2.05) is 0 Å². The molecular weight excluding hydrogens is 410 g/mol. The lowest BCUT2D eigenvalue weighted by molar-refractivity contribution is -0.352. The van der Waals surface area contributed by atoms with Gasteiger partial charge in [0.1, 0.15) is 11.6 Å². The molecule has 1 fully saturated rings. The van der Waals surface area contributed by atoms with Crippen molar-refractivity contribution in [2.24, 2.45) is 0 Å². The molecule has 162 valence electrons. The van der Waals surface area contributed by atoms with Crippen LogP contribution in [-0.4, -0.2) is 41.7 Å². The van der Waals surface area contributed by atoms with Crippen LogP contribution >= 0.6 is 0 Å². The number of nitrogens with one attached hydrogen (secondary N) is 1. The number of hydrogen-bond acceptors (Lipinski definition) is 6. The molecule has 0 bridgehead atoms. The molecule has 1 amide bonds. The van der Waals surface area contributed by atoms with Crippen molar-refractivity contribution in [3.63, 3.8) is 0 Å². The third-order valence-corrected chi connectivity index (χ3v) is 4.42. The minimum Gasteiger partial charge on any atom is -0.484 e. The lowest BCUT2D eigenvalue weighted by Gasteiger charge is -2.32. The molecule has 1 heterocycles. The molecule has 1 aromatic carbocycles. The maximum absolute atomic E-state index is 12.8. The third-order valence-electron chi connectivity index (χ3n) is 4.42. The number of carbonyl (C=O) groups excluding carboxylic acids is 1. The van der Waals surface area contributed by atoms with Gasteiger partial charge in [-0.3, -0.25) is 9.53 Å². The summed E-state index contributed by atoms with van der Waals surface area (Å²) in [7, 11) is 0. The number of ether oxygens (including phenoxy) is 2. The first-order valence-electron chi connectivity index (χ1n) is 9.11. The predicted octanol–water partition coefficient (Wildman–Crippen LogP) is 3.59. The summed E-state index contributed by atoms with van der Waals surface area (Å²) in [6.07, 6.45) is -4.93. The molecule has 30 heavy (non-hydrogen) atoms. The first kappa shape index (κ1) is 21.8. The first-order chi connectivity index (χ1) is 14.2. The zero-order valence-electron chi connectivity index (χ0n) is 15.7. The largest absolute Gasteiger partial charge is 0.522 e. The molecule has 1 aliphatic carbocycles. The Morgan fingerprint density at radius 3 is 2.60 bits per heavy atom. The fourth-order valence-electron chi connectivity index (χ4n) is 2.79. The van der Waals surface area contributed by atoms with Crippen LogP contribution in [0.3, 0.4) is 0 Å². The van der Waals surface area contributed by atoms with Crippen LogP contribution in [0, 0.1) is 5.82 Å². The average Bonchev–Trinajstić information content (AvgIpc) is 3.13. The minimum atomic E-state index is -4.65. The fraction of sp³-hybridized carbons (Fsp3) is 0.421. The van der Waals surface area contributed by atoms with Gasteiger partial charge in [0, 0.05) is 18.0 Å². The van der Waals surface area contributed by atoms with Crippen LogP contribution in [0.1, 0.15) is 37.0 Å². The van der Waals surface area contributed by atoms with Crippen molar-refractivity contribution in [1.82, 2.24) is 15.5 Å². The van der Waals surface area contributed by atoms with E-state index in [1.54, 1.807) is 0 Å². The summed E-state index contributed by atoms with van der Waals surface area (Å²) >= 11 is 0. The number of carbonyl (C=O) groups is 1. The maximum atomic E-state index is 12.8. The molecule has 1 aromatic heterocycles. The van der Waals surface area contributed by atoms with Gasteiger partial charge in [-0.15, -0.1) is 23.4 Å². The molecule has 2 aromatic rings. The van der Waals surface area contributed by atoms with Crippen molar-refractivity contribution >= 4 is 11.5 Å². The number of halogens is 4. The first-order valence-corrected chi connectivity index (χ1v) is 9.11. The Kier molecular flexibility index (Phi) is 6.70. The van der Waals surface area contributed by atoms with Crippen molar-refractivity contribution in [2.75, 3.05) is 13.2 Å². The van der Waals surface area contributed by atoms with Gasteiger partial charge in [-0.1, -0.05) is 6.58 Å². The second-order valence-corrected chi connectivity index (χ2v) is 6.75. The zero-order chi connectivity index (χ0) is 21.7. The van der Waals surface area contributed by atoms with E-state index in [2.05, 4.69) is 26.8 Å². The van der Waals surface area contributed by atoms with Gasteiger partial charge >= 0.3 is 6.36 Å². The van der Waals surface area contributed by atoms with Gasteiger partial charge in [0.05, 0.1) is 6.10 Å². The van der Waals surface area contributed by atoms with Gasteiger partial charge in [-0.05, 0) is 43.5 Å². The van der Waals surface area contributed by atoms with Gasteiger partial charge in [0.25, 0.3) is 5.91 Å². The van der Waals surface area contributed by atoms with Crippen LogP contribution in [0.4, 0.5) is 17.6 Å². The molecule has 1 N–H and O–H groups in total. The summed E-state index contributed by atoms with van der Waals surface area (Å²) in [5.41, 5.74) is 0.482. The monoisotopic (exact) mass is 429 g/mol. The molecule has 0 spiro atoms. The summed E-state index contributed by atoms with van der Waals surface area (Å²) in [4.78, 5) is 11.8. The number of nitrogens with zero attached hydrogens (tertiary/aromatic N) is 2. The van der Waals surface area contributed by atoms with Gasteiger partial charge in [0.2, 0.25) is 11.8 Å². The number of rotatable bonds is 9. The molecule has 11 heteroatoms. The van der Waals surface area contributed by atoms with Crippen LogP contribution in [-0.2, 0) is 9.53 Å². The van der Waals surface area contributed by atoms with E-state index in [9.17, 15) is 22.4 Å². The molecule has 0 radical (unpaired) electrons. The highest BCUT2D eigenvalue weighted by Gasteiger charge is 2.42. The third kappa shape index (κ3) is 6.28. The van der Waals surface area contributed by atoms with E-state index in [4.69, 9.17) is 9.15 Å². The summed E-state index contributed by atoms with van der Waals surface area (Å²) in [6, 6.07) is 5.28. The topological polar surface area (TPSA) is 86.5 Å². The zero-order valence-corrected chi connectivity index (χ0v) is 15.7. The molecule has 0 aliphatic heterocycles. The van der Waals surface area contributed by atoms with Crippen molar-refractivity contribution in [3.8, 4) is 5.75 Å². The summed E-state index contributed by atoms with van der Waals surface area (Å²) < 4.78 is 63.9. The van der Waals surface area contributed by atoms with Crippen LogP contribution in [0.5, 0.6) is 5.75 Å². The van der Waals surface area contributed by atoms with E-state index in [0.717, 1.165) is 0 Å². The Bertz CT molecular complexity index is 877. The molecule has 1 aliphatic rings. The maximum Gasteiger partial charge on any atom is 0.522 e. The lowest BCUT2D eigenvalue weighted by Crippen LogP contribution is -2.34. The highest BCUT2D eigenvalue weighted by atomic mass is 19.4. The smallest absolute Gasteiger partial charge is 0.484 e. The number of aromatic nitrogens is 2. The average molecular weight is 429 g/mol. The standard InChI is InChI=1S/C19H19F4N3O4/c1-11(6-7-24-16(27)10-28-14-4-2-13(20)3-5-14)17-25-26-18(29-17)12-8-15(9-12)30-19(21,22)23/h2-5,12,15H,1,6-10H2,(H,24,27)/t12-,15+. The van der Waals surface area contributed by atoms with Crippen molar-refractivity contribution in [2.45, 2.75) is 37.6 Å². The molecule has 7 nitrogen and oxygen atoms in total. The number of amides is 1. The minimum absolute atomic E-state index is 0.151. The molecule has 1 saturated carbocycles. The van der Waals surface area contributed by atoms with Crippen molar-refractivity contribution in [1.29, 1.82) is 0 Å². The molecular formula is C19H19F4N3O4. The van der Waals surface area contributed by atoms with Crippen LogP contribution in [0.25, 0.3) is 5.57 Å². The van der Waals surface area contributed by atoms with E-state index in [0.29, 0.717) is 17.7 Å². The second-order valence-electron chi connectivity index (χ2n) is 6.75. The predicted molar refractivity (Wildman–Crippen MR) is 95.8 cm³/mol. The second kappa shape index (κ2) is 9.24. The lowest BCUT2D eigenvalue weighted by atomic mass is 9.82. The van der Waals surface area contributed by atoms with Gasteiger partial charge in [0.15, 0.2) is 6.61 Å². The Balaban J connectivity index is 1.35.